The van der Waals surface area contributed by atoms with E-state index in [4.69, 9.17) is 5.11 Å². The van der Waals surface area contributed by atoms with Crippen LogP contribution in [0.2, 0.25) is 0 Å². The minimum absolute atomic E-state index is 0.0272. The molecule has 2 unspecified atom stereocenters. The number of carbonyl (C=O) groups excluding carboxylic acids is 1. The Bertz CT molecular complexity index is 407. The number of aliphatic hydroxyl groups excluding tert-OH is 1. The van der Waals surface area contributed by atoms with Crippen molar-refractivity contribution in [1.29, 1.82) is 0 Å². The zero-order valence-corrected chi connectivity index (χ0v) is 13.3. The van der Waals surface area contributed by atoms with E-state index in [0.717, 1.165) is 12.0 Å². The maximum absolute atomic E-state index is 12.0. The monoisotopic (exact) mass is 292 g/mol. The van der Waals surface area contributed by atoms with Gasteiger partial charge in [-0.25, -0.2) is 4.79 Å². The summed E-state index contributed by atoms with van der Waals surface area (Å²) in [5.41, 5.74) is 1.13. The van der Waals surface area contributed by atoms with E-state index in [0.29, 0.717) is 18.9 Å². The lowest BCUT2D eigenvalue weighted by molar-refractivity contribution is 0.229. The number of rotatable bonds is 8. The van der Waals surface area contributed by atoms with Crippen molar-refractivity contribution in [3.63, 3.8) is 0 Å². The molecule has 3 N–H and O–H groups in total. The molecule has 21 heavy (non-hydrogen) atoms. The first-order valence-electron chi connectivity index (χ1n) is 7.73. The van der Waals surface area contributed by atoms with E-state index >= 15 is 0 Å². The third kappa shape index (κ3) is 7.14. The highest BCUT2D eigenvalue weighted by Gasteiger charge is 2.16. The average molecular weight is 292 g/mol. The van der Waals surface area contributed by atoms with Crippen molar-refractivity contribution in [3.8, 4) is 0 Å². The van der Waals surface area contributed by atoms with Crippen molar-refractivity contribution in [3.05, 3.63) is 35.9 Å². The number of aliphatic hydroxyl groups is 1. The van der Waals surface area contributed by atoms with Gasteiger partial charge in [0.25, 0.3) is 0 Å². The molecule has 0 fully saturated rings. The summed E-state index contributed by atoms with van der Waals surface area (Å²) in [5, 5.41) is 14.8. The molecule has 0 spiro atoms. The summed E-state index contributed by atoms with van der Waals surface area (Å²) in [5.74, 6) is 0.782. The number of hydrogen-bond acceptors (Lipinski definition) is 2. The summed E-state index contributed by atoms with van der Waals surface area (Å²) in [6.45, 7) is 7.05. The van der Waals surface area contributed by atoms with Gasteiger partial charge in [-0.1, -0.05) is 51.1 Å². The highest BCUT2D eigenvalue weighted by molar-refractivity contribution is 5.74. The van der Waals surface area contributed by atoms with Gasteiger partial charge in [-0.2, -0.15) is 0 Å². The van der Waals surface area contributed by atoms with Crippen LogP contribution in [0.1, 0.15) is 45.2 Å². The van der Waals surface area contributed by atoms with Crippen LogP contribution in [0, 0.1) is 11.8 Å². The summed E-state index contributed by atoms with van der Waals surface area (Å²) in [6, 6.07) is 9.93. The maximum atomic E-state index is 12.0. The van der Waals surface area contributed by atoms with E-state index < -0.39 is 0 Å². The van der Waals surface area contributed by atoms with Gasteiger partial charge < -0.3 is 15.7 Å². The van der Waals surface area contributed by atoms with Crippen LogP contribution in [-0.2, 0) is 0 Å². The summed E-state index contributed by atoms with van der Waals surface area (Å²) in [7, 11) is 0. The molecule has 0 saturated heterocycles. The summed E-state index contributed by atoms with van der Waals surface area (Å²) >= 11 is 0. The Morgan fingerprint density at radius 1 is 1.19 bits per heavy atom. The average Bonchev–Trinajstić information content (AvgIpc) is 2.45. The van der Waals surface area contributed by atoms with E-state index in [1.54, 1.807) is 0 Å². The third-order valence-corrected chi connectivity index (χ3v) is 3.45. The fraction of sp³-hybridized carbons (Fsp3) is 0.588. The molecule has 2 amide bonds. The van der Waals surface area contributed by atoms with Crippen molar-refractivity contribution in [2.45, 2.75) is 39.7 Å². The predicted molar refractivity (Wildman–Crippen MR) is 86.0 cm³/mol. The normalized spacial score (nSPS) is 13.8. The lowest BCUT2D eigenvalue weighted by Gasteiger charge is -2.22. The van der Waals surface area contributed by atoms with Crippen LogP contribution in [0.25, 0.3) is 0 Å². The Balaban J connectivity index is 2.54. The summed E-state index contributed by atoms with van der Waals surface area (Å²) < 4.78 is 0. The zero-order valence-electron chi connectivity index (χ0n) is 13.3. The molecule has 118 valence electrons. The molecular formula is C17H28N2O2. The Hall–Kier alpha value is -1.55. The second-order valence-electron chi connectivity index (χ2n) is 6.06. The Labute approximate surface area is 128 Å². The van der Waals surface area contributed by atoms with Crippen LogP contribution in [0.5, 0.6) is 0 Å². The molecule has 0 aliphatic carbocycles. The van der Waals surface area contributed by atoms with Gasteiger partial charge in [0.1, 0.15) is 0 Å². The van der Waals surface area contributed by atoms with Gasteiger partial charge in [0.2, 0.25) is 0 Å². The Kier molecular flexibility index (Phi) is 7.83. The molecule has 0 heterocycles. The summed E-state index contributed by atoms with van der Waals surface area (Å²) in [4.78, 5) is 12.0. The number of urea groups is 1. The van der Waals surface area contributed by atoms with E-state index in [1.807, 2.05) is 37.3 Å². The van der Waals surface area contributed by atoms with Gasteiger partial charge in [0.15, 0.2) is 0 Å². The van der Waals surface area contributed by atoms with E-state index in [2.05, 4.69) is 24.5 Å². The van der Waals surface area contributed by atoms with Gasteiger partial charge in [-0.3, -0.25) is 0 Å². The molecule has 0 aliphatic rings. The van der Waals surface area contributed by atoms with Crippen LogP contribution in [-0.4, -0.2) is 24.3 Å². The molecule has 4 nitrogen and oxygen atoms in total. The first-order valence-corrected chi connectivity index (χ1v) is 7.73. The number of amides is 2. The largest absolute Gasteiger partial charge is 0.396 e. The first-order chi connectivity index (χ1) is 10.0. The van der Waals surface area contributed by atoms with Gasteiger partial charge in [-0.05, 0) is 30.2 Å². The predicted octanol–water partition coefficient (Wildman–Crippen LogP) is 3.09. The van der Waals surface area contributed by atoms with Crippen molar-refractivity contribution in [2.24, 2.45) is 11.8 Å². The molecule has 0 radical (unpaired) electrons. The topological polar surface area (TPSA) is 61.4 Å². The quantitative estimate of drug-likeness (QED) is 0.689. The third-order valence-electron chi connectivity index (χ3n) is 3.45. The summed E-state index contributed by atoms with van der Waals surface area (Å²) in [6.07, 6.45) is 1.61. The number of hydrogen-bond donors (Lipinski definition) is 3. The molecule has 1 aromatic rings. The molecular weight excluding hydrogens is 264 g/mol. The van der Waals surface area contributed by atoms with Gasteiger partial charge in [-0.15, -0.1) is 0 Å². The van der Waals surface area contributed by atoms with E-state index in [-0.39, 0.29) is 24.6 Å². The smallest absolute Gasteiger partial charge is 0.315 e. The lowest BCUT2D eigenvalue weighted by Crippen LogP contribution is -2.40. The van der Waals surface area contributed by atoms with Crippen LogP contribution in [0.15, 0.2) is 30.3 Å². The molecule has 2 atom stereocenters. The number of benzene rings is 1. The fourth-order valence-corrected chi connectivity index (χ4v) is 2.23. The molecule has 0 aromatic heterocycles. The van der Waals surface area contributed by atoms with Crippen LogP contribution >= 0.6 is 0 Å². The van der Waals surface area contributed by atoms with Gasteiger partial charge in [0, 0.05) is 13.2 Å². The van der Waals surface area contributed by atoms with Crippen molar-refractivity contribution in [2.75, 3.05) is 13.2 Å². The molecule has 0 saturated carbocycles. The molecule has 0 aliphatic heterocycles. The molecule has 1 rings (SSSR count). The highest BCUT2D eigenvalue weighted by atomic mass is 16.3. The molecule has 4 heteroatoms. The first kappa shape index (κ1) is 17.5. The van der Waals surface area contributed by atoms with E-state index in [9.17, 15) is 4.79 Å². The molecule has 0 bridgehead atoms. The van der Waals surface area contributed by atoms with Crippen LogP contribution < -0.4 is 10.6 Å². The van der Waals surface area contributed by atoms with E-state index in [1.165, 1.54) is 0 Å². The molecule has 1 aromatic carbocycles. The minimum atomic E-state index is -0.144. The van der Waals surface area contributed by atoms with Crippen LogP contribution in [0.3, 0.4) is 0 Å². The van der Waals surface area contributed by atoms with Crippen molar-refractivity contribution < 1.29 is 9.90 Å². The lowest BCUT2D eigenvalue weighted by atomic mass is 9.97. The Morgan fingerprint density at radius 3 is 2.43 bits per heavy atom. The van der Waals surface area contributed by atoms with Gasteiger partial charge >= 0.3 is 6.03 Å². The number of carbonyl (C=O) groups is 1. The standard InChI is InChI=1S/C17H28N2O2/c1-13(2)11-16(15-7-5-4-6-8-15)19-17(21)18-12-14(3)9-10-20/h4-8,13-14,16,20H,9-12H2,1-3H3,(H2,18,19,21). The van der Waals surface area contributed by atoms with Gasteiger partial charge in [0.05, 0.1) is 6.04 Å². The Morgan fingerprint density at radius 2 is 1.86 bits per heavy atom. The number of nitrogens with one attached hydrogen (secondary N) is 2. The second kappa shape index (κ2) is 9.40. The highest BCUT2D eigenvalue weighted by Crippen LogP contribution is 2.20. The SMILES string of the molecule is CC(C)CC(NC(=O)NCC(C)CCO)c1ccccc1. The van der Waals surface area contributed by atoms with Crippen molar-refractivity contribution in [1.82, 2.24) is 10.6 Å². The second-order valence-corrected chi connectivity index (χ2v) is 6.06. The fourth-order valence-electron chi connectivity index (χ4n) is 2.23. The zero-order chi connectivity index (χ0) is 15.7. The maximum Gasteiger partial charge on any atom is 0.315 e. The minimum Gasteiger partial charge on any atom is -0.396 e. The van der Waals surface area contributed by atoms with Crippen molar-refractivity contribution >= 4 is 6.03 Å². The van der Waals surface area contributed by atoms with Crippen LogP contribution in [0.4, 0.5) is 4.79 Å².